The first-order valence-corrected chi connectivity index (χ1v) is 35.1. The van der Waals surface area contributed by atoms with Crippen molar-refractivity contribution in [1.29, 1.82) is 0 Å². The van der Waals surface area contributed by atoms with Crippen molar-refractivity contribution in [3.8, 4) is 67.5 Å². The standard InChI is InChI=1S/C96H60N6/c1-11-37-85-73(27-1)74-28-2-12-38-86(74)97(85)67-25-21-23-61(51-67)62-24-22-26-68(52-62)98-93-45-19-9-35-81(93)83-57-63(47-49-95(83)98)64-48-50-96-84(58-64)82-36-10-20-46-94(82)102(96)72-56-66(55-71(60-72)101-91-43-17-7-33-79(91)80-34-8-18-44-92(80)101)65-53-69(99-87-39-13-3-29-75(87)76-30-4-14-40-88(76)99)59-70(54-65)100-89-41-15-5-31-77(89)78-32-6-16-42-90(78)100/h1-60H. The number of hydrogen-bond donors (Lipinski definition) is 0. The Labute approximate surface area is 586 Å². The molecule has 0 aliphatic carbocycles. The highest BCUT2D eigenvalue weighted by molar-refractivity contribution is 6.16. The molecule has 22 aromatic rings. The summed E-state index contributed by atoms with van der Waals surface area (Å²) >= 11 is 0. The maximum absolute atomic E-state index is 2.51. The van der Waals surface area contributed by atoms with Gasteiger partial charge in [0.15, 0.2) is 0 Å². The minimum absolute atomic E-state index is 1.07. The van der Waals surface area contributed by atoms with Gasteiger partial charge in [0.25, 0.3) is 0 Å². The van der Waals surface area contributed by atoms with Crippen LogP contribution in [0.5, 0.6) is 0 Å². The highest BCUT2D eigenvalue weighted by Crippen LogP contribution is 2.45. The third-order valence-electron chi connectivity index (χ3n) is 21.7. The lowest BCUT2D eigenvalue weighted by Crippen LogP contribution is -2.02. The summed E-state index contributed by atoms with van der Waals surface area (Å²) in [7, 11) is 0. The molecule has 6 heterocycles. The van der Waals surface area contributed by atoms with Crippen molar-refractivity contribution < 1.29 is 0 Å². The van der Waals surface area contributed by atoms with Crippen LogP contribution in [0, 0.1) is 0 Å². The first kappa shape index (κ1) is 56.3. The van der Waals surface area contributed by atoms with Gasteiger partial charge in [-0.05, 0) is 179 Å². The fourth-order valence-corrected chi connectivity index (χ4v) is 17.4. The second-order valence-electron chi connectivity index (χ2n) is 27.2. The van der Waals surface area contributed by atoms with Gasteiger partial charge in [0.1, 0.15) is 0 Å². The van der Waals surface area contributed by atoms with E-state index < -0.39 is 0 Å². The van der Waals surface area contributed by atoms with Gasteiger partial charge in [0.2, 0.25) is 0 Å². The second kappa shape index (κ2) is 21.9. The molecule has 474 valence electrons. The molecule has 0 fully saturated rings. The topological polar surface area (TPSA) is 29.6 Å². The molecule has 0 bridgehead atoms. The van der Waals surface area contributed by atoms with Gasteiger partial charge in [-0.15, -0.1) is 0 Å². The van der Waals surface area contributed by atoms with Crippen molar-refractivity contribution >= 4 is 131 Å². The smallest absolute Gasteiger partial charge is 0.0541 e. The van der Waals surface area contributed by atoms with E-state index in [9.17, 15) is 0 Å². The number of para-hydroxylation sites is 10. The zero-order valence-electron chi connectivity index (χ0n) is 55.3. The largest absolute Gasteiger partial charge is 0.309 e. The fourth-order valence-electron chi connectivity index (χ4n) is 17.4. The maximum atomic E-state index is 2.51. The molecule has 6 nitrogen and oxygen atoms in total. The van der Waals surface area contributed by atoms with E-state index in [1.54, 1.807) is 0 Å². The average molecular weight is 1300 g/mol. The summed E-state index contributed by atoms with van der Waals surface area (Å²) in [5, 5.41) is 14.7. The van der Waals surface area contributed by atoms with Crippen molar-refractivity contribution in [3.63, 3.8) is 0 Å². The number of benzene rings is 16. The van der Waals surface area contributed by atoms with Crippen molar-refractivity contribution in [2.75, 3.05) is 0 Å². The van der Waals surface area contributed by atoms with E-state index in [1.165, 1.54) is 86.7 Å². The Bertz CT molecular complexity index is 6930. The van der Waals surface area contributed by atoms with E-state index >= 15 is 0 Å². The van der Waals surface area contributed by atoms with E-state index in [2.05, 4.69) is 391 Å². The lowest BCUT2D eigenvalue weighted by Gasteiger charge is -2.18. The van der Waals surface area contributed by atoms with Crippen LogP contribution in [-0.4, -0.2) is 27.4 Å². The molecule has 0 aliphatic heterocycles. The Morgan fingerprint density at radius 3 is 0.539 bits per heavy atom. The van der Waals surface area contributed by atoms with Gasteiger partial charge in [-0.3, -0.25) is 0 Å². The molecule has 6 heteroatoms. The van der Waals surface area contributed by atoms with Crippen molar-refractivity contribution in [2.45, 2.75) is 0 Å². The number of rotatable bonds is 9. The molecule has 102 heavy (non-hydrogen) atoms. The van der Waals surface area contributed by atoms with Crippen LogP contribution in [0.4, 0.5) is 0 Å². The Hall–Kier alpha value is -13.7. The number of nitrogens with zero attached hydrogens (tertiary/aromatic N) is 6. The van der Waals surface area contributed by atoms with E-state index in [0.717, 1.165) is 112 Å². The van der Waals surface area contributed by atoms with Gasteiger partial charge in [0, 0.05) is 98.8 Å². The van der Waals surface area contributed by atoms with Crippen LogP contribution < -0.4 is 0 Å². The van der Waals surface area contributed by atoms with Gasteiger partial charge < -0.3 is 27.4 Å². The zero-order valence-corrected chi connectivity index (χ0v) is 55.3. The Morgan fingerprint density at radius 2 is 0.294 bits per heavy atom. The van der Waals surface area contributed by atoms with Crippen LogP contribution in [0.15, 0.2) is 364 Å². The summed E-state index contributed by atoms with van der Waals surface area (Å²) in [6.07, 6.45) is 0. The SMILES string of the molecule is c1cc(-c2cccc(-n3c4ccccc4c4cc(-c5ccc6c(c5)c5ccccc5n6-c5cc(-c6cc(-n7c8ccccc8c8ccccc87)cc(-n7c8ccccc8c8ccccc87)c6)cc(-n6c7ccccc7c7ccccc76)c5)ccc43)c2)cc(-n2c3ccccc3c3ccccc32)c1. The number of aromatic nitrogens is 6. The zero-order chi connectivity index (χ0) is 66.7. The van der Waals surface area contributed by atoms with Gasteiger partial charge in [0.05, 0.1) is 66.2 Å². The number of hydrogen-bond acceptors (Lipinski definition) is 0. The molecule has 0 unspecified atom stereocenters. The van der Waals surface area contributed by atoms with Crippen LogP contribution in [0.25, 0.3) is 198 Å². The molecule has 0 aliphatic rings. The van der Waals surface area contributed by atoms with Crippen LogP contribution >= 0.6 is 0 Å². The van der Waals surface area contributed by atoms with E-state index in [4.69, 9.17) is 0 Å². The Morgan fingerprint density at radius 1 is 0.108 bits per heavy atom. The minimum Gasteiger partial charge on any atom is -0.309 e. The van der Waals surface area contributed by atoms with Crippen LogP contribution in [-0.2, 0) is 0 Å². The Balaban J connectivity index is 0.719. The maximum Gasteiger partial charge on any atom is 0.0541 e. The summed E-state index contributed by atoms with van der Waals surface area (Å²) in [4.78, 5) is 0. The molecule has 22 rings (SSSR count). The summed E-state index contributed by atoms with van der Waals surface area (Å²) in [6.45, 7) is 0. The molecule has 0 saturated carbocycles. The highest BCUT2D eigenvalue weighted by Gasteiger charge is 2.23. The van der Waals surface area contributed by atoms with Crippen LogP contribution in [0.1, 0.15) is 0 Å². The average Bonchev–Trinajstić information content (AvgIpc) is 1.56. The molecule has 0 spiro atoms. The van der Waals surface area contributed by atoms with Crippen molar-refractivity contribution in [3.05, 3.63) is 364 Å². The normalized spacial score (nSPS) is 12.1. The third kappa shape index (κ3) is 8.35. The van der Waals surface area contributed by atoms with E-state index in [1.807, 2.05) is 0 Å². The molecule has 0 radical (unpaired) electrons. The summed E-state index contributed by atoms with van der Waals surface area (Å²) in [6, 6.07) is 135. The van der Waals surface area contributed by atoms with Crippen molar-refractivity contribution in [1.82, 2.24) is 27.4 Å². The first-order valence-electron chi connectivity index (χ1n) is 35.1. The molecule has 16 aromatic carbocycles. The minimum atomic E-state index is 1.07. The highest BCUT2D eigenvalue weighted by atomic mass is 15.0. The van der Waals surface area contributed by atoms with Crippen LogP contribution in [0.2, 0.25) is 0 Å². The summed E-state index contributed by atoms with van der Waals surface area (Å²) < 4.78 is 14.8. The van der Waals surface area contributed by atoms with Crippen molar-refractivity contribution in [2.24, 2.45) is 0 Å². The quantitative estimate of drug-likeness (QED) is 0.138. The molecular weight excluding hydrogens is 1240 g/mol. The molecule has 0 N–H and O–H groups in total. The fraction of sp³-hybridized carbons (Fsp3) is 0. The Kier molecular flexibility index (Phi) is 12.1. The monoisotopic (exact) mass is 1300 g/mol. The second-order valence-corrected chi connectivity index (χ2v) is 27.2. The summed E-state index contributed by atoms with van der Waals surface area (Å²) in [5.41, 5.74) is 27.4. The van der Waals surface area contributed by atoms with Gasteiger partial charge in [-0.25, -0.2) is 0 Å². The van der Waals surface area contributed by atoms with Gasteiger partial charge in [-0.2, -0.15) is 0 Å². The van der Waals surface area contributed by atoms with Gasteiger partial charge in [-0.1, -0.05) is 218 Å². The van der Waals surface area contributed by atoms with Crippen LogP contribution in [0.3, 0.4) is 0 Å². The predicted molar refractivity (Wildman–Crippen MR) is 429 cm³/mol. The lowest BCUT2D eigenvalue weighted by atomic mass is 10.0. The molecular formula is C96H60N6. The lowest BCUT2D eigenvalue weighted by molar-refractivity contribution is 1.13. The predicted octanol–water partition coefficient (Wildman–Crippen LogP) is 25.3. The third-order valence-corrected chi connectivity index (χ3v) is 21.7. The van der Waals surface area contributed by atoms with E-state index in [-0.39, 0.29) is 0 Å². The molecule has 0 atom stereocenters. The molecule has 0 saturated heterocycles. The van der Waals surface area contributed by atoms with E-state index in [0.29, 0.717) is 0 Å². The summed E-state index contributed by atoms with van der Waals surface area (Å²) in [5.74, 6) is 0. The number of fused-ring (bicyclic) bond motifs is 18. The molecule has 0 amide bonds. The molecule has 6 aromatic heterocycles. The first-order chi connectivity index (χ1) is 50.6. The van der Waals surface area contributed by atoms with Gasteiger partial charge >= 0.3 is 0 Å².